The number of aromatic nitrogens is 3. The summed E-state index contributed by atoms with van der Waals surface area (Å²) in [5.74, 6) is 0.370. The highest BCUT2D eigenvalue weighted by Crippen LogP contribution is 2.25. The largest absolute Gasteiger partial charge is 0.396 e. The van der Waals surface area contributed by atoms with Crippen molar-refractivity contribution in [2.75, 3.05) is 5.73 Å². The molecular formula is C14H10BrFN4. The van der Waals surface area contributed by atoms with Crippen molar-refractivity contribution in [3.8, 4) is 17.1 Å². The van der Waals surface area contributed by atoms with E-state index in [4.69, 9.17) is 5.73 Å². The van der Waals surface area contributed by atoms with Crippen LogP contribution >= 0.6 is 15.9 Å². The number of anilines is 1. The summed E-state index contributed by atoms with van der Waals surface area (Å²) in [5, 5.41) is 4.40. The smallest absolute Gasteiger partial charge is 0.153 e. The van der Waals surface area contributed by atoms with Crippen LogP contribution < -0.4 is 5.73 Å². The second kappa shape index (κ2) is 5.05. The Labute approximate surface area is 123 Å². The van der Waals surface area contributed by atoms with Crippen molar-refractivity contribution in [3.05, 3.63) is 59.1 Å². The topological polar surface area (TPSA) is 56.7 Å². The van der Waals surface area contributed by atoms with Gasteiger partial charge in [0, 0.05) is 16.2 Å². The number of rotatable bonds is 2. The Kier molecular flexibility index (Phi) is 3.23. The summed E-state index contributed by atoms with van der Waals surface area (Å²) in [6.07, 6.45) is 3.37. The number of benzene rings is 1. The van der Waals surface area contributed by atoms with E-state index in [1.54, 1.807) is 29.2 Å². The van der Waals surface area contributed by atoms with Crippen LogP contribution in [0.1, 0.15) is 0 Å². The predicted octanol–water partition coefficient (Wildman–Crippen LogP) is 3.42. The van der Waals surface area contributed by atoms with Gasteiger partial charge in [-0.1, -0.05) is 0 Å². The van der Waals surface area contributed by atoms with Gasteiger partial charge in [0.25, 0.3) is 0 Å². The van der Waals surface area contributed by atoms with Crippen LogP contribution in [0, 0.1) is 5.82 Å². The van der Waals surface area contributed by atoms with Crippen LogP contribution in [0.3, 0.4) is 0 Å². The lowest BCUT2D eigenvalue weighted by atomic mass is 10.1. The summed E-state index contributed by atoms with van der Waals surface area (Å²) < 4.78 is 15.4. The van der Waals surface area contributed by atoms with E-state index in [9.17, 15) is 4.39 Å². The first-order chi connectivity index (χ1) is 9.63. The zero-order chi connectivity index (χ0) is 14.1. The van der Waals surface area contributed by atoms with E-state index in [1.807, 2.05) is 12.1 Å². The lowest BCUT2D eigenvalue weighted by Crippen LogP contribution is -1.97. The van der Waals surface area contributed by atoms with Crippen molar-refractivity contribution >= 4 is 21.6 Å². The van der Waals surface area contributed by atoms with Crippen molar-refractivity contribution in [2.24, 2.45) is 0 Å². The van der Waals surface area contributed by atoms with E-state index >= 15 is 0 Å². The number of nitrogens with two attached hydrogens (primary N) is 1. The van der Waals surface area contributed by atoms with E-state index in [2.05, 4.69) is 26.0 Å². The van der Waals surface area contributed by atoms with Gasteiger partial charge in [-0.25, -0.2) is 14.1 Å². The van der Waals surface area contributed by atoms with Crippen molar-refractivity contribution in [2.45, 2.75) is 0 Å². The third-order valence-corrected chi connectivity index (χ3v) is 3.28. The molecule has 3 aromatic rings. The Balaban J connectivity index is 2.02. The number of pyridine rings is 1. The number of nitrogens with zero attached hydrogens (tertiary/aromatic N) is 3. The standard InChI is InChI=1S/C14H10BrFN4/c15-10-3-6-13(18-7-10)20-8-12(17)14(19-20)9-1-4-11(16)5-2-9/h1-8H,17H2. The molecule has 0 saturated carbocycles. The van der Waals surface area contributed by atoms with Crippen molar-refractivity contribution in [1.82, 2.24) is 14.8 Å². The molecule has 2 heterocycles. The summed E-state index contributed by atoms with van der Waals surface area (Å²) in [6, 6.07) is 9.75. The molecule has 0 aliphatic carbocycles. The molecule has 0 saturated heterocycles. The Hall–Kier alpha value is -2.21. The third-order valence-electron chi connectivity index (χ3n) is 2.81. The minimum absolute atomic E-state index is 0.290. The number of halogens is 2. The lowest BCUT2D eigenvalue weighted by Gasteiger charge is -2.00. The Morgan fingerprint density at radius 1 is 1.10 bits per heavy atom. The summed E-state index contributed by atoms with van der Waals surface area (Å²) >= 11 is 3.33. The molecule has 3 rings (SSSR count). The molecule has 0 unspecified atom stereocenters. The first kappa shape index (κ1) is 12.8. The third kappa shape index (κ3) is 2.42. The highest BCUT2D eigenvalue weighted by atomic mass is 79.9. The van der Waals surface area contributed by atoms with E-state index in [1.165, 1.54) is 12.1 Å². The molecular weight excluding hydrogens is 323 g/mol. The fourth-order valence-electron chi connectivity index (χ4n) is 1.84. The second-order valence-corrected chi connectivity index (χ2v) is 5.13. The maximum atomic E-state index is 12.9. The highest BCUT2D eigenvalue weighted by molar-refractivity contribution is 9.10. The number of hydrogen-bond donors (Lipinski definition) is 1. The summed E-state index contributed by atoms with van der Waals surface area (Å²) in [6.45, 7) is 0. The van der Waals surface area contributed by atoms with Crippen LogP contribution in [0.5, 0.6) is 0 Å². The summed E-state index contributed by atoms with van der Waals surface area (Å²) in [4.78, 5) is 4.25. The van der Waals surface area contributed by atoms with Gasteiger partial charge < -0.3 is 5.73 Å². The van der Waals surface area contributed by atoms with E-state index in [0.717, 1.165) is 10.0 Å². The summed E-state index contributed by atoms with van der Waals surface area (Å²) in [5.41, 5.74) is 7.85. The normalized spacial score (nSPS) is 10.7. The zero-order valence-corrected chi connectivity index (χ0v) is 11.9. The fourth-order valence-corrected chi connectivity index (χ4v) is 2.07. The Bertz CT molecular complexity index is 735. The van der Waals surface area contributed by atoms with E-state index in [-0.39, 0.29) is 5.82 Å². The van der Waals surface area contributed by atoms with Gasteiger partial charge in [-0.05, 0) is 52.3 Å². The average molecular weight is 333 g/mol. The van der Waals surface area contributed by atoms with Crippen LogP contribution in [0.2, 0.25) is 0 Å². The second-order valence-electron chi connectivity index (χ2n) is 4.22. The molecule has 0 atom stereocenters. The van der Waals surface area contributed by atoms with Crippen molar-refractivity contribution in [1.29, 1.82) is 0 Å². The molecule has 1 aromatic carbocycles. The molecule has 0 amide bonds. The quantitative estimate of drug-likeness (QED) is 0.782. The minimum atomic E-state index is -0.290. The van der Waals surface area contributed by atoms with Crippen LogP contribution in [0.4, 0.5) is 10.1 Å². The molecule has 2 N–H and O–H groups in total. The monoisotopic (exact) mass is 332 g/mol. The van der Waals surface area contributed by atoms with Crippen molar-refractivity contribution in [3.63, 3.8) is 0 Å². The molecule has 0 spiro atoms. The molecule has 4 nitrogen and oxygen atoms in total. The van der Waals surface area contributed by atoms with Gasteiger partial charge >= 0.3 is 0 Å². The van der Waals surface area contributed by atoms with Gasteiger partial charge in [-0.3, -0.25) is 0 Å². The van der Waals surface area contributed by atoms with Gasteiger partial charge in [-0.15, -0.1) is 0 Å². The number of nitrogen functional groups attached to an aromatic ring is 1. The van der Waals surface area contributed by atoms with Gasteiger partial charge in [0.05, 0.1) is 11.9 Å². The first-order valence-corrected chi connectivity index (χ1v) is 6.66. The Morgan fingerprint density at radius 3 is 2.50 bits per heavy atom. The average Bonchev–Trinajstić information content (AvgIpc) is 2.82. The number of hydrogen-bond acceptors (Lipinski definition) is 3. The first-order valence-electron chi connectivity index (χ1n) is 5.86. The molecule has 0 radical (unpaired) electrons. The van der Waals surface area contributed by atoms with E-state index in [0.29, 0.717) is 17.2 Å². The van der Waals surface area contributed by atoms with Gasteiger partial charge in [0.15, 0.2) is 5.82 Å². The van der Waals surface area contributed by atoms with E-state index < -0.39 is 0 Å². The van der Waals surface area contributed by atoms with Crippen LogP contribution in [-0.2, 0) is 0 Å². The van der Waals surface area contributed by atoms with Crippen LogP contribution in [0.25, 0.3) is 17.1 Å². The summed E-state index contributed by atoms with van der Waals surface area (Å²) in [7, 11) is 0. The molecule has 0 bridgehead atoms. The molecule has 100 valence electrons. The Morgan fingerprint density at radius 2 is 1.85 bits per heavy atom. The van der Waals surface area contributed by atoms with Gasteiger partial charge in [-0.2, -0.15) is 5.10 Å². The molecule has 2 aromatic heterocycles. The maximum Gasteiger partial charge on any atom is 0.153 e. The predicted molar refractivity (Wildman–Crippen MR) is 78.9 cm³/mol. The zero-order valence-electron chi connectivity index (χ0n) is 10.3. The molecule has 0 fully saturated rings. The van der Waals surface area contributed by atoms with Crippen LogP contribution in [-0.4, -0.2) is 14.8 Å². The maximum absolute atomic E-state index is 12.9. The van der Waals surface area contributed by atoms with Crippen molar-refractivity contribution < 1.29 is 4.39 Å². The molecule has 6 heteroatoms. The van der Waals surface area contributed by atoms with Gasteiger partial charge in [0.2, 0.25) is 0 Å². The minimum Gasteiger partial charge on any atom is -0.396 e. The lowest BCUT2D eigenvalue weighted by molar-refractivity contribution is 0.628. The highest BCUT2D eigenvalue weighted by Gasteiger charge is 2.10. The molecule has 20 heavy (non-hydrogen) atoms. The fraction of sp³-hybridized carbons (Fsp3) is 0. The SMILES string of the molecule is Nc1cn(-c2ccc(Br)cn2)nc1-c1ccc(F)cc1. The van der Waals surface area contributed by atoms with Gasteiger partial charge in [0.1, 0.15) is 11.5 Å². The van der Waals surface area contributed by atoms with Crippen LogP contribution in [0.15, 0.2) is 53.3 Å². The molecule has 0 aliphatic heterocycles. The molecule has 0 aliphatic rings.